The largest absolute Gasteiger partial charge is 0.347 e. The van der Waals surface area contributed by atoms with Crippen molar-refractivity contribution in [3.8, 4) is 0 Å². The lowest BCUT2D eigenvalue weighted by molar-refractivity contribution is -0.384. The Hall–Kier alpha value is -3.23. The molecule has 1 saturated carbocycles. The Labute approximate surface area is 135 Å². The summed E-state index contributed by atoms with van der Waals surface area (Å²) in [5, 5.41) is 25.3. The van der Waals surface area contributed by atoms with Crippen LogP contribution in [0.2, 0.25) is 0 Å². The number of hydrogen-bond acceptors (Lipinski definition) is 5. The number of hydrogen-bond donors (Lipinski definition) is 2. The van der Waals surface area contributed by atoms with Crippen LogP contribution in [0.1, 0.15) is 28.5 Å². The van der Waals surface area contributed by atoms with Crippen LogP contribution < -0.4 is 5.32 Å². The predicted molar refractivity (Wildman–Crippen MR) is 84.6 cm³/mol. The van der Waals surface area contributed by atoms with Crippen LogP contribution in [0.5, 0.6) is 0 Å². The number of fused-ring (bicyclic) bond motifs is 1. The summed E-state index contributed by atoms with van der Waals surface area (Å²) in [5.41, 5.74) is 1.63. The van der Waals surface area contributed by atoms with Crippen LogP contribution in [-0.4, -0.2) is 36.9 Å². The highest BCUT2D eigenvalue weighted by molar-refractivity contribution is 6.05. The quantitative estimate of drug-likeness (QED) is 0.556. The molecule has 9 heteroatoms. The van der Waals surface area contributed by atoms with Gasteiger partial charge in [0.1, 0.15) is 0 Å². The highest BCUT2D eigenvalue weighted by atomic mass is 16.6. The fourth-order valence-corrected chi connectivity index (χ4v) is 2.84. The molecule has 3 aromatic rings. The van der Waals surface area contributed by atoms with E-state index in [-0.39, 0.29) is 29.2 Å². The molecule has 2 N–H and O–H groups in total. The Morgan fingerprint density at radius 3 is 3.00 bits per heavy atom. The third-order valence-corrected chi connectivity index (χ3v) is 4.19. The van der Waals surface area contributed by atoms with Crippen LogP contribution in [0.15, 0.2) is 30.5 Å². The summed E-state index contributed by atoms with van der Waals surface area (Å²) in [4.78, 5) is 22.9. The van der Waals surface area contributed by atoms with Crippen molar-refractivity contribution in [2.45, 2.75) is 18.4 Å². The van der Waals surface area contributed by atoms with Gasteiger partial charge in [0.15, 0.2) is 5.69 Å². The number of nitro benzene ring substituents is 1. The normalized spacial score (nSPS) is 19.4. The van der Waals surface area contributed by atoms with Gasteiger partial charge in [-0.25, -0.2) is 0 Å². The van der Waals surface area contributed by atoms with E-state index in [0.29, 0.717) is 10.9 Å². The molecule has 1 aliphatic carbocycles. The third-order valence-electron chi connectivity index (χ3n) is 4.19. The molecule has 0 radical (unpaired) electrons. The minimum Gasteiger partial charge on any atom is -0.347 e. The van der Waals surface area contributed by atoms with Crippen molar-refractivity contribution in [1.29, 1.82) is 0 Å². The monoisotopic (exact) mass is 326 g/mol. The summed E-state index contributed by atoms with van der Waals surface area (Å²) in [6, 6.07) is 6.23. The van der Waals surface area contributed by atoms with Crippen molar-refractivity contribution in [2.75, 3.05) is 0 Å². The van der Waals surface area contributed by atoms with Gasteiger partial charge in [0.25, 0.3) is 11.6 Å². The molecule has 4 rings (SSSR count). The fourth-order valence-electron chi connectivity index (χ4n) is 2.84. The molecule has 122 valence electrons. The molecule has 9 nitrogen and oxygen atoms in total. The lowest BCUT2D eigenvalue weighted by Gasteiger charge is -2.02. The molecule has 24 heavy (non-hydrogen) atoms. The molecule has 2 atom stereocenters. The first kappa shape index (κ1) is 14.4. The molecular weight excluding hydrogens is 312 g/mol. The minimum atomic E-state index is -0.494. The molecule has 1 aromatic carbocycles. The first-order chi connectivity index (χ1) is 11.5. The summed E-state index contributed by atoms with van der Waals surface area (Å²) in [5.74, 6) is -0.139. The van der Waals surface area contributed by atoms with E-state index in [1.54, 1.807) is 10.7 Å². The van der Waals surface area contributed by atoms with Gasteiger partial charge in [-0.2, -0.15) is 10.2 Å². The number of H-pyrrole nitrogens is 1. The zero-order chi connectivity index (χ0) is 16.8. The molecule has 0 saturated heterocycles. The lowest BCUT2D eigenvalue weighted by atomic mass is 10.2. The Bertz CT molecular complexity index is 959. The van der Waals surface area contributed by atoms with Crippen molar-refractivity contribution in [3.05, 3.63) is 52.0 Å². The zero-order valence-corrected chi connectivity index (χ0v) is 12.8. The standard InChI is InChI=1S/C15H14N6O3/c1-20-5-4-12(19-20)9-7-13(9)16-15(22)14-10-6-8(21(23)24)2-3-11(10)17-18-14/h2-6,9,13H,7H2,1H3,(H,16,22)(H,17,18)/t9-,13+/m0/s1. The van der Waals surface area contributed by atoms with Crippen molar-refractivity contribution in [3.63, 3.8) is 0 Å². The van der Waals surface area contributed by atoms with Gasteiger partial charge in [-0.3, -0.25) is 24.7 Å². The third kappa shape index (κ3) is 2.39. The topological polar surface area (TPSA) is 119 Å². The van der Waals surface area contributed by atoms with E-state index in [1.165, 1.54) is 12.1 Å². The molecule has 1 amide bonds. The van der Waals surface area contributed by atoms with Gasteiger partial charge in [-0.1, -0.05) is 0 Å². The van der Waals surface area contributed by atoms with Gasteiger partial charge >= 0.3 is 0 Å². The van der Waals surface area contributed by atoms with E-state index in [1.807, 2.05) is 19.3 Å². The number of non-ortho nitro benzene ring substituents is 1. The molecule has 1 fully saturated rings. The molecule has 0 bridgehead atoms. The van der Waals surface area contributed by atoms with Crippen molar-refractivity contribution in [1.82, 2.24) is 25.3 Å². The number of aromatic amines is 1. The van der Waals surface area contributed by atoms with Crippen LogP contribution in [0.3, 0.4) is 0 Å². The average Bonchev–Trinajstić information content (AvgIpc) is 2.98. The van der Waals surface area contributed by atoms with Gasteiger partial charge in [-0.05, 0) is 18.6 Å². The van der Waals surface area contributed by atoms with E-state index in [2.05, 4.69) is 20.6 Å². The van der Waals surface area contributed by atoms with E-state index in [4.69, 9.17) is 0 Å². The number of benzene rings is 1. The van der Waals surface area contributed by atoms with Crippen LogP contribution in [-0.2, 0) is 7.05 Å². The van der Waals surface area contributed by atoms with Crippen molar-refractivity contribution < 1.29 is 9.72 Å². The zero-order valence-electron chi connectivity index (χ0n) is 12.8. The number of carbonyl (C=O) groups is 1. The number of aryl methyl sites for hydroxylation is 1. The maximum atomic E-state index is 12.4. The first-order valence-corrected chi connectivity index (χ1v) is 7.46. The lowest BCUT2D eigenvalue weighted by Crippen LogP contribution is -2.27. The van der Waals surface area contributed by atoms with E-state index in [0.717, 1.165) is 12.1 Å². The van der Waals surface area contributed by atoms with Gasteiger partial charge in [0.05, 0.1) is 16.1 Å². The van der Waals surface area contributed by atoms with Gasteiger partial charge in [0, 0.05) is 42.7 Å². The number of carbonyl (C=O) groups excluding carboxylic acids is 1. The Balaban J connectivity index is 1.54. The summed E-state index contributed by atoms with van der Waals surface area (Å²) >= 11 is 0. The summed E-state index contributed by atoms with van der Waals surface area (Å²) in [6.07, 6.45) is 2.69. The number of aromatic nitrogens is 4. The Morgan fingerprint density at radius 2 is 2.29 bits per heavy atom. The SMILES string of the molecule is Cn1ccc([C@@H]2C[C@H]2NC(=O)c2n[nH]c3ccc([N+](=O)[O-])cc23)n1. The highest BCUT2D eigenvalue weighted by Gasteiger charge is 2.41. The summed E-state index contributed by atoms with van der Waals surface area (Å²) in [7, 11) is 1.85. The van der Waals surface area contributed by atoms with Gasteiger partial charge < -0.3 is 5.32 Å². The number of amides is 1. The fraction of sp³-hybridized carbons (Fsp3) is 0.267. The van der Waals surface area contributed by atoms with E-state index in [9.17, 15) is 14.9 Å². The van der Waals surface area contributed by atoms with Crippen LogP contribution in [0.4, 0.5) is 5.69 Å². The van der Waals surface area contributed by atoms with Crippen LogP contribution >= 0.6 is 0 Å². The molecular formula is C15H14N6O3. The van der Waals surface area contributed by atoms with Crippen molar-refractivity contribution in [2.24, 2.45) is 7.05 Å². The second kappa shape index (κ2) is 5.15. The van der Waals surface area contributed by atoms with Gasteiger partial charge in [-0.15, -0.1) is 0 Å². The maximum absolute atomic E-state index is 12.4. The molecule has 0 aliphatic heterocycles. The predicted octanol–water partition coefficient (Wildman–Crippen LogP) is 1.49. The smallest absolute Gasteiger partial charge is 0.272 e. The minimum absolute atomic E-state index is 0.0119. The maximum Gasteiger partial charge on any atom is 0.272 e. The number of rotatable bonds is 4. The van der Waals surface area contributed by atoms with Crippen molar-refractivity contribution >= 4 is 22.5 Å². The molecule has 0 unspecified atom stereocenters. The number of nitrogens with zero attached hydrogens (tertiary/aromatic N) is 4. The summed E-state index contributed by atoms with van der Waals surface area (Å²) < 4.78 is 1.73. The second-order valence-corrected chi connectivity index (χ2v) is 5.90. The molecule has 2 heterocycles. The first-order valence-electron chi connectivity index (χ1n) is 7.46. The number of nitro groups is 1. The molecule has 0 spiro atoms. The average molecular weight is 326 g/mol. The van der Waals surface area contributed by atoms with Gasteiger partial charge in [0.2, 0.25) is 0 Å². The highest BCUT2D eigenvalue weighted by Crippen LogP contribution is 2.40. The molecule has 1 aliphatic rings. The Morgan fingerprint density at radius 1 is 1.46 bits per heavy atom. The van der Waals surface area contributed by atoms with Crippen LogP contribution in [0.25, 0.3) is 10.9 Å². The Kier molecular flexibility index (Phi) is 3.08. The number of nitrogens with one attached hydrogen (secondary N) is 2. The second-order valence-electron chi connectivity index (χ2n) is 5.90. The van der Waals surface area contributed by atoms with E-state index < -0.39 is 4.92 Å². The molecule has 2 aromatic heterocycles. The van der Waals surface area contributed by atoms with Crippen LogP contribution in [0, 0.1) is 10.1 Å². The van der Waals surface area contributed by atoms with E-state index >= 15 is 0 Å². The summed E-state index contributed by atoms with van der Waals surface area (Å²) in [6.45, 7) is 0.